The first-order chi connectivity index (χ1) is 14.5. The molecule has 30 heavy (non-hydrogen) atoms. The number of carbonyl (C=O) groups excluding carboxylic acids is 1. The van der Waals surface area contributed by atoms with Crippen LogP contribution in [0.3, 0.4) is 0 Å². The molecular formula is C22H17FN6O. The number of pyridine rings is 1. The number of aryl methyl sites for hydroxylation is 1. The Kier molecular flexibility index (Phi) is 5.09. The van der Waals surface area contributed by atoms with Gasteiger partial charge in [-0.05, 0) is 29.8 Å². The normalized spacial score (nSPS) is 11.4. The molecule has 3 heterocycles. The number of hydrogen-bond acceptors (Lipinski definition) is 4. The predicted molar refractivity (Wildman–Crippen MR) is 110 cm³/mol. The lowest BCUT2D eigenvalue weighted by atomic mass is 10.1. The molecule has 148 valence electrons. The first kappa shape index (κ1) is 19.1. The van der Waals surface area contributed by atoms with Crippen molar-refractivity contribution in [3.63, 3.8) is 0 Å². The lowest BCUT2D eigenvalue weighted by Gasteiger charge is -2.04. The van der Waals surface area contributed by atoms with Gasteiger partial charge in [-0.25, -0.2) is 9.37 Å². The summed E-state index contributed by atoms with van der Waals surface area (Å²) < 4.78 is 14.7. The largest absolute Gasteiger partial charge is 0.347 e. The zero-order valence-electron chi connectivity index (χ0n) is 16.1. The maximum atomic E-state index is 13.0. The van der Waals surface area contributed by atoms with Crippen LogP contribution in [0.2, 0.25) is 0 Å². The van der Waals surface area contributed by atoms with Crippen LogP contribution < -0.4 is 5.32 Å². The Hall–Kier alpha value is -4.25. The van der Waals surface area contributed by atoms with E-state index in [1.807, 2.05) is 25.4 Å². The van der Waals surface area contributed by atoms with E-state index in [0.29, 0.717) is 11.2 Å². The average Bonchev–Trinajstić information content (AvgIpc) is 3.37. The third kappa shape index (κ3) is 3.95. The molecule has 1 amide bonds. The van der Waals surface area contributed by atoms with Crippen LogP contribution in [-0.2, 0) is 18.4 Å². The van der Waals surface area contributed by atoms with Gasteiger partial charge in [0, 0.05) is 54.3 Å². The highest BCUT2D eigenvalue weighted by molar-refractivity contribution is 6.03. The van der Waals surface area contributed by atoms with Crippen molar-refractivity contribution in [1.29, 1.82) is 5.26 Å². The van der Waals surface area contributed by atoms with Crippen LogP contribution in [0.1, 0.15) is 11.1 Å². The molecule has 0 aliphatic heterocycles. The number of nitrogens with zero attached hydrogens (tertiary/aromatic N) is 4. The first-order valence-electron chi connectivity index (χ1n) is 9.14. The fourth-order valence-corrected chi connectivity index (χ4v) is 3.06. The van der Waals surface area contributed by atoms with Crippen LogP contribution in [0.25, 0.3) is 28.2 Å². The van der Waals surface area contributed by atoms with Crippen LogP contribution in [-0.4, -0.2) is 25.7 Å². The highest BCUT2D eigenvalue weighted by Gasteiger charge is 2.12. The van der Waals surface area contributed by atoms with Gasteiger partial charge in [0.25, 0.3) is 5.91 Å². The van der Waals surface area contributed by atoms with Crippen LogP contribution in [0, 0.1) is 17.1 Å². The standard InChI is InChI=1S/C22H17FN6O/c1-29-13-18(12-28-29)16-7-20-17(11-26-21(20)25-10-16)6-15(8-24)22(30)27-9-14-2-4-19(23)5-3-14/h2-7,10-13H,9H2,1H3,(H,25,26)(H,27,30)/b15-6+. The molecule has 4 aromatic rings. The quantitative estimate of drug-likeness (QED) is 0.396. The Morgan fingerprint density at radius 2 is 2.10 bits per heavy atom. The third-order valence-corrected chi connectivity index (χ3v) is 4.63. The lowest BCUT2D eigenvalue weighted by molar-refractivity contribution is -0.117. The summed E-state index contributed by atoms with van der Waals surface area (Å²) in [5.74, 6) is -0.853. The molecule has 3 aromatic heterocycles. The summed E-state index contributed by atoms with van der Waals surface area (Å²) in [5.41, 5.74) is 3.82. The van der Waals surface area contributed by atoms with Gasteiger partial charge in [-0.15, -0.1) is 0 Å². The second kappa shape index (κ2) is 8.01. The lowest BCUT2D eigenvalue weighted by Crippen LogP contribution is -2.23. The SMILES string of the molecule is Cn1cc(-c2cnc3[nH]cc(/C=C(\C#N)C(=O)NCc4ccc(F)cc4)c3c2)cn1. The molecule has 2 N–H and O–H groups in total. The van der Waals surface area contributed by atoms with Crippen molar-refractivity contribution in [2.75, 3.05) is 0 Å². The van der Waals surface area contributed by atoms with Gasteiger partial charge in [-0.3, -0.25) is 9.48 Å². The van der Waals surface area contributed by atoms with Crippen LogP contribution in [0.5, 0.6) is 0 Å². The van der Waals surface area contributed by atoms with E-state index in [2.05, 4.69) is 20.4 Å². The maximum absolute atomic E-state index is 13.0. The van der Waals surface area contributed by atoms with Gasteiger partial charge in [0.05, 0.1) is 6.20 Å². The molecule has 0 atom stereocenters. The number of H-pyrrole nitrogens is 1. The second-order valence-electron chi connectivity index (χ2n) is 6.75. The van der Waals surface area contributed by atoms with Crippen LogP contribution >= 0.6 is 0 Å². The van der Waals surface area contributed by atoms with Crippen LogP contribution in [0.4, 0.5) is 4.39 Å². The topological polar surface area (TPSA) is 99.4 Å². The summed E-state index contributed by atoms with van der Waals surface area (Å²) in [6.07, 6.45) is 8.59. The summed E-state index contributed by atoms with van der Waals surface area (Å²) in [7, 11) is 1.84. The van der Waals surface area contributed by atoms with Crippen molar-refractivity contribution in [2.45, 2.75) is 6.54 Å². The minimum Gasteiger partial charge on any atom is -0.347 e. The first-order valence-corrected chi connectivity index (χ1v) is 9.14. The summed E-state index contributed by atoms with van der Waals surface area (Å²) in [6.45, 7) is 0.193. The Morgan fingerprint density at radius 1 is 1.30 bits per heavy atom. The molecule has 0 spiro atoms. The van der Waals surface area contributed by atoms with Gasteiger partial charge in [-0.2, -0.15) is 10.4 Å². The molecular weight excluding hydrogens is 383 g/mol. The molecule has 0 bridgehead atoms. The minimum absolute atomic E-state index is 0.0372. The van der Waals surface area contributed by atoms with Gasteiger partial charge in [0.1, 0.15) is 23.1 Å². The molecule has 8 heteroatoms. The highest BCUT2D eigenvalue weighted by Crippen LogP contribution is 2.25. The zero-order chi connectivity index (χ0) is 21.1. The van der Waals surface area contributed by atoms with E-state index in [4.69, 9.17) is 0 Å². The second-order valence-corrected chi connectivity index (χ2v) is 6.75. The fourth-order valence-electron chi connectivity index (χ4n) is 3.06. The van der Waals surface area contributed by atoms with E-state index < -0.39 is 5.91 Å². The monoisotopic (exact) mass is 400 g/mol. The van der Waals surface area contributed by atoms with E-state index in [0.717, 1.165) is 22.1 Å². The third-order valence-electron chi connectivity index (χ3n) is 4.63. The molecule has 0 fully saturated rings. The van der Waals surface area contributed by atoms with E-state index in [9.17, 15) is 14.4 Å². The van der Waals surface area contributed by atoms with Gasteiger partial charge in [0.15, 0.2) is 0 Å². The van der Waals surface area contributed by atoms with Crippen molar-refractivity contribution in [2.24, 2.45) is 7.05 Å². The van der Waals surface area contributed by atoms with Gasteiger partial charge >= 0.3 is 0 Å². The number of benzene rings is 1. The van der Waals surface area contributed by atoms with Crippen molar-refractivity contribution in [1.82, 2.24) is 25.1 Å². The molecule has 0 unspecified atom stereocenters. The smallest absolute Gasteiger partial charge is 0.262 e. The Labute approximate surface area is 171 Å². The Morgan fingerprint density at radius 3 is 2.80 bits per heavy atom. The molecule has 4 rings (SSSR count). The van der Waals surface area contributed by atoms with Crippen molar-refractivity contribution in [3.05, 3.63) is 77.6 Å². The number of carbonyl (C=O) groups is 1. The molecule has 0 radical (unpaired) electrons. The number of amides is 1. The van der Waals surface area contributed by atoms with E-state index in [1.54, 1.807) is 35.4 Å². The Balaban J connectivity index is 1.59. The molecule has 0 saturated carbocycles. The van der Waals surface area contributed by atoms with Crippen LogP contribution in [0.15, 0.2) is 60.7 Å². The molecule has 1 aromatic carbocycles. The minimum atomic E-state index is -0.507. The Bertz CT molecular complexity index is 1290. The number of aromatic amines is 1. The fraction of sp³-hybridized carbons (Fsp3) is 0.0909. The van der Waals surface area contributed by atoms with E-state index >= 15 is 0 Å². The van der Waals surface area contributed by atoms with E-state index in [-0.39, 0.29) is 17.9 Å². The average molecular weight is 400 g/mol. The number of fused-ring (bicyclic) bond motifs is 1. The molecule has 0 aliphatic carbocycles. The number of hydrogen-bond donors (Lipinski definition) is 2. The molecule has 7 nitrogen and oxygen atoms in total. The summed E-state index contributed by atoms with van der Waals surface area (Å²) in [5, 5.41) is 17.1. The number of nitrogens with one attached hydrogen (secondary N) is 2. The summed E-state index contributed by atoms with van der Waals surface area (Å²) in [6, 6.07) is 9.68. The number of nitriles is 1. The molecule has 0 aliphatic rings. The zero-order valence-corrected chi connectivity index (χ0v) is 16.1. The molecule has 0 saturated heterocycles. The van der Waals surface area contributed by atoms with Crippen molar-refractivity contribution in [3.8, 4) is 17.2 Å². The summed E-state index contributed by atoms with van der Waals surface area (Å²) >= 11 is 0. The van der Waals surface area contributed by atoms with E-state index in [1.165, 1.54) is 18.2 Å². The highest BCUT2D eigenvalue weighted by atomic mass is 19.1. The van der Waals surface area contributed by atoms with Crippen molar-refractivity contribution < 1.29 is 9.18 Å². The number of rotatable bonds is 5. The van der Waals surface area contributed by atoms with Crippen molar-refractivity contribution >= 4 is 23.0 Å². The summed E-state index contributed by atoms with van der Waals surface area (Å²) in [4.78, 5) is 19.9. The van der Waals surface area contributed by atoms with Gasteiger partial charge in [0.2, 0.25) is 0 Å². The number of halogens is 1. The number of aromatic nitrogens is 4. The van der Waals surface area contributed by atoms with Gasteiger partial charge < -0.3 is 10.3 Å². The van der Waals surface area contributed by atoms with Gasteiger partial charge in [-0.1, -0.05) is 12.1 Å². The predicted octanol–water partition coefficient (Wildman–Crippen LogP) is 3.33. The maximum Gasteiger partial charge on any atom is 0.262 e.